The van der Waals surface area contributed by atoms with Crippen LogP contribution in [0.2, 0.25) is 0 Å². The van der Waals surface area contributed by atoms with Crippen LogP contribution in [-0.4, -0.2) is 16.6 Å². The van der Waals surface area contributed by atoms with Gasteiger partial charge in [0.2, 0.25) is 0 Å². The fourth-order valence-corrected chi connectivity index (χ4v) is 3.59. The standard InChI is InChI=1S/C21H21NO2/c1-12-8-13(2)19(14(3)9-12)20-18(23)11-16(21(20)24)10-17-7-5-6-15(4)22-17/h5-10,20H,11H2,1-4H3/b16-10+. The molecule has 3 rings (SSSR count). The van der Waals surface area contributed by atoms with Crippen LogP contribution >= 0.6 is 0 Å². The molecule has 0 radical (unpaired) electrons. The summed E-state index contributed by atoms with van der Waals surface area (Å²) in [6, 6.07) is 9.74. The Balaban J connectivity index is 2.02. The molecule has 1 aliphatic carbocycles. The topological polar surface area (TPSA) is 47.0 Å². The number of pyridine rings is 1. The van der Waals surface area contributed by atoms with Crippen molar-refractivity contribution in [3.05, 3.63) is 69.5 Å². The van der Waals surface area contributed by atoms with E-state index in [2.05, 4.69) is 4.98 Å². The van der Waals surface area contributed by atoms with Crippen LogP contribution in [0.15, 0.2) is 35.9 Å². The summed E-state index contributed by atoms with van der Waals surface area (Å²) in [5.41, 5.74) is 6.21. The van der Waals surface area contributed by atoms with Crippen molar-refractivity contribution < 1.29 is 9.59 Å². The average molecular weight is 319 g/mol. The molecule has 1 aromatic carbocycles. The Bertz CT molecular complexity index is 854. The summed E-state index contributed by atoms with van der Waals surface area (Å²) < 4.78 is 0. The van der Waals surface area contributed by atoms with E-state index in [0.717, 1.165) is 33.6 Å². The molecule has 0 spiro atoms. The van der Waals surface area contributed by atoms with Crippen LogP contribution in [0, 0.1) is 27.7 Å². The first kappa shape index (κ1) is 16.3. The van der Waals surface area contributed by atoms with Crippen LogP contribution in [0.3, 0.4) is 0 Å². The van der Waals surface area contributed by atoms with E-state index in [1.807, 2.05) is 58.0 Å². The van der Waals surface area contributed by atoms with Gasteiger partial charge in [0.25, 0.3) is 0 Å². The predicted molar refractivity (Wildman–Crippen MR) is 95.0 cm³/mol. The van der Waals surface area contributed by atoms with Crippen LogP contribution in [-0.2, 0) is 9.59 Å². The van der Waals surface area contributed by atoms with E-state index in [9.17, 15) is 9.59 Å². The smallest absolute Gasteiger partial charge is 0.174 e. The molecule has 0 aliphatic heterocycles. The van der Waals surface area contributed by atoms with Gasteiger partial charge in [-0.1, -0.05) is 23.8 Å². The molecule has 1 aromatic heterocycles. The normalized spacial score (nSPS) is 19.3. The van der Waals surface area contributed by atoms with Gasteiger partial charge in [-0.15, -0.1) is 0 Å². The zero-order chi connectivity index (χ0) is 17.4. The lowest BCUT2D eigenvalue weighted by atomic mass is 9.87. The molecular formula is C21H21NO2. The summed E-state index contributed by atoms with van der Waals surface area (Å²) in [5, 5.41) is 0. The highest BCUT2D eigenvalue weighted by Gasteiger charge is 2.39. The van der Waals surface area contributed by atoms with Gasteiger partial charge in [-0.25, -0.2) is 0 Å². The van der Waals surface area contributed by atoms with E-state index < -0.39 is 5.92 Å². The van der Waals surface area contributed by atoms with Crippen LogP contribution in [0.5, 0.6) is 0 Å². The summed E-state index contributed by atoms with van der Waals surface area (Å²) in [6.45, 7) is 7.88. The maximum Gasteiger partial charge on any atom is 0.174 e. The maximum atomic E-state index is 12.9. The second-order valence-corrected chi connectivity index (χ2v) is 6.63. The lowest BCUT2D eigenvalue weighted by molar-refractivity contribution is -0.123. The van der Waals surface area contributed by atoms with Crippen LogP contribution in [0.4, 0.5) is 0 Å². The molecule has 1 heterocycles. The molecule has 1 fully saturated rings. The number of aryl methyl sites for hydroxylation is 4. The summed E-state index contributed by atoms with van der Waals surface area (Å²) in [4.78, 5) is 29.8. The molecule has 2 aromatic rings. The lowest BCUT2D eigenvalue weighted by Gasteiger charge is -2.15. The van der Waals surface area contributed by atoms with E-state index in [1.165, 1.54) is 0 Å². The summed E-state index contributed by atoms with van der Waals surface area (Å²) in [6.07, 6.45) is 1.94. The average Bonchev–Trinajstić information content (AvgIpc) is 2.74. The van der Waals surface area contributed by atoms with E-state index in [1.54, 1.807) is 6.08 Å². The molecule has 0 bridgehead atoms. The van der Waals surface area contributed by atoms with Gasteiger partial charge in [-0.2, -0.15) is 0 Å². The highest BCUT2D eigenvalue weighted by atomic mass is 16.2. The Kier molecular flexibility index (Phi) is 4.18. The molecule has 3 heteroatoms. The number of carbonyl (C=O) groups is 2. The summed E-state index contributed by atoms with van der Waals surface area (Å²) in [7, 11) is 0. The van der Waals surface area contributed by atoms with Gasteiger partial charge in [-0.05, 0) is 62.6 Å². The molecule has 0 saturated heterocycles. The Hall–Kier alpha value is -2.55. The van der Waals surface area contributed by atoms with E-state index in [-0.39, 0.29) is 18.0 Å². The van der Waals surface area contributed by atoms with Gasteiger partial charge in [0.15, 0.2) is 11.6 Å². The largest absolute Gasteiger partial charge is 0.298 e. The second kappa shape index (κ2) is 6.16. The second-order valence-electron chi connectivity index (χ2n) is 6.63. The number of hydrogen-bond donors (Lipinski definition) is 0. The number of rotatable bonds is 2. The Morgan fingerprint density at radius 1 is 1.04 bits per heavy atom. The van der Waals surface area contributed by atoms with Gasteiger partial charge in [0.1, 0.15) is 5.92 Å². The van der Waals surface area contributed by atoms with Crippen molar-refractivity contribution >= 4 is 17.6 Å². The Morgan fingerprint density at radius 2 is 1.71 bits per heavy atom. The quantitative estimate of drug-likeness (QED) is 0.620. The van der Waals surface area contributed by atoms with Gasteiger partial charge in [0, 0.05) is 17.7 Å². The van der Waals surface area contributed by atoms with Crippen molar-refractivity contribution in [2.75, 3.05) is 0 Å². The van der Waals surface area contributed by atoms with E-state index in [4.69, 9.17) is 0 Å². The van der Waals surface area contributed by atoms with Gasteiger partial charge >= 0.3 is 0 Å². The number of aromatic nitrogens is 1. The molecule has 1 aliphatic rings. The number of nitrogens with zero attached hydrogens (tertiary/aromatic N) is 1. The van der Waals surface area contributed by atoms with Gasteiger partial charge in [0.05, 0.1) is 5.69 Å². The van der Waals surface area contributed by atoms with Crippen molar-refractivity contribution in [3.63, 3.8) is 0 Å². The zero-order valence-corrected chi connectivity index (χ0v) is 14.5. The third-order valence-corrected chi connectivity index (χ3v) is 4.52. The van der Waals surface area contributed by atoms with Crippen LogP contribution in [0.25, 0.3) is 6.08 Å². The minimum Gasteiger partial charge on any atom is -0.298 e. The first-order valence-corrected chi connectivity index (χ1v) is 8.15. The fraction of sp³-hybridized carbons (Fsp3) is 0.286. The van der Waals surface area contributed by atoms with Crippen LogP contribution < -0.4 is 0 Å². The first-order valence-electron chi connectivity index (χ1n) is 8.15. The lowest BCUT2D eigenvalue weighted by Crippen LogP contribution is -2.15. The predicted octanol–water partition coefficient (Wildman–Crippen LogP) is 4.02. The summed E-state index contributed by atoms with van der Waals surface area (Å²) in [5.74, 6) is -0.769. The monoisotopic (exact) mass is 319 g/mol. The van der Waals surface area contributed by atoms with E-state index >= 15 is 0 Å². The van der Waals surface area contributed by atoms with Crippen molar-refractivity contribution in [2.24, 2.45) is 0 Å². The summed E-state index contributed by atoms with van der Waals surface area (Å²) >= 11 is 0. The van der Waals surface area contributed by atoms with Crippen molar-refractivity contribution in [3.8, 4) is 0 Å². The van der Waals surface area contributed by atoms with Gasteiger partial charge in [-0.3, -0.25) is 14.6 Å². The zero-order valence-electron chi connectivity index (χ0n) is 14.5. The third kappa shape index (κ3) is 2.94. The Labute approximate surface area is 142 Å². The van der Waals surface area contributed by atoms with Crippen molar-refractivity contribution in [1.29, 1.82) is 0 Å². The van der Waals surface area contributed by atoms with Gasteiger partial charge < -0.3 is 0 Å². The molecule has 1 atom stereocenters. The fourth-order valence-electron chi connectivity index (χ4n) is 3.59. The molecule has 0 N–H and O–H groups in total. The minimum absolute atomic E-state index is 0.0195. The maximum absolute atomic E-state index is 12.9. The molecular weight excluding hydrogens is 298 g/mol. The molecule has 1 unspecified atom stereocenters. The first-order chi connectivity index (χ1) is 11.4. The van der Waals surface area contributed by atoms with Crippen LogP contribution in [0.1, 0.15) is 46.0 Å². The number of Topliss-reactive ketones (excluding diaryl/α,β-unsaturated/α-hetero) is 2. The van der Waals surface area contributed by atoms with E-state index in [0.29, 0.717) is 5.57 Å². The number of ketones is 2. The number of benzene rings is 1. The minimum atomic E-state index is -0.665. The number of allylic oxidation sites excluding steroid dienone is 1. The molecule has 122 valence electrons. The highest BCUT2D eigenvalue weighted by molar-refractivity contribution is 6.24. The molecule has 0 amide bonds. The highest BCUT2D eigenvalue weighted by Crippen LogP contribution is 2.36. The number of hydrogen-bond acceptors (Lipinski definition) is 3. The van der Waals surface area contributed by atoms with Crippen molar-refractivity contribution in [1.82, 2.24) is 4.98 Å². The molecule has 3 nitrogen and oxygen atoms in total. The van der Waals surface area contributed by atoms with Crippen molar-refractivity contribution in [2.45, 2.75) is 40.0 Å². The molecule has 24 heavy (non-hydrogen) atoms. The number of carbonyl (C=O) groups excluding carboxylic acids is 2. The SMILES string of the molecule is Cc1cc(C)c(C2C(=O)C/C(=C\c3cccc(C)n3)C2=O)c(C)c1. The third-order valence-electron chi connectivity index (χ3n) is 4.52. The Morgan fingerprint density at radius 3 is 2.33 bits per heavy atom. The molecule has 1 saturated carbocycles.